The Kier molecular flexibility index (Phi) is 5.73. The van der Waals surface area contributed by atoms with Gasteiger partial charge in [0.1, 0.15) is 11.6 Å². The van der Waals surface area contributed by atoms with Crippen molar-refractivity contribution in [2.45, 2.75) is 33.0 Å². The Balaban J connectivity index is 1.78. The predicted octanol–water partition coefficient (Wildman–Crippen LogP) is 3.47. The quantitative estimate of drug-likeness (QED) is 0.890. The SMILES string of the molecule is CCOc1ccc(Nc2ncccc2C(=O)N2C[C@@H](C)O[C@@H](C)C2)cc1. The third-order valence-corrected chi connectivity index (χ3v) is 4.17. The minimum atomic E-state index is -0.0338. The number of ether oxygens (including phenoxy) is 2. The molecule has 1 amide bonds. The maximum atomic E-state index is 13.0. The van der Waals surface area contributed by atoms with E-state index in [0.29, 0.717) is 31.1 Å². The van der Waals surface area contributed by atoms with Gasteiger partial charge in [0.25, 0.3) is 5.91 Å². The topological polar surface area (TPSA) is 63.7 Å². The summed E-state index contributed by atoms with van der Waals surface area (Å²) in [4.78, 5) is 19.2. The van der Waals surface area contributed by atoms with E-state index < -0.39 is 0 Å². The lowest BCUT2D eigenvalue weighted by atomic mass is 10.1. The summed E-state index contributed by atoms with van der Waals surface area (Å²) < 4.78 is 11.2. The van der Waals surface area contributed by atoms with Gasteiger partial charge in [-0.2, -0.15) is 0 Å². The van der Waals surface area contributed by atoms with Crippen LogP contribution in [-0.4, -0.2) is 47.7 Å². The number of anilines is 2. The second kappa shape index (κ2) is 8.19. The Bertz CT molecular complexity index is 738. The largest absolute Gasteiger partial charge is 0.494 e. The predicted molar refractivity (Wildman–Crippen MR) is 101 cm³/mol. The van der Waals surface area contributed by atoms with Crippen molar-refractivity contribution in [2.75, 3.05) is 25.0 Å². The molecule has 1 aliphatic rings. The van der Waals surface area contributed by atoms with E-state index in [-0.39, 0.29) is 18.1 Å². The molecule has 1 saturated heterocycles. The van der Waals surface area contributed by atoms with E-state index in [1.165, 1.54) is 0 Å². The molecule has 1 aliphatic heterocycles. The van der Waals surface area contributed by atoms with E-state index in [1.807, 2.05) is 49.9 Å². The standard InChI is InChI=1S/C20H25N3O3/c1-4-25-17-9-7-16(8-10-17)22-19-18(6-5-11-21-19)20(24)23-12-14(2)26-15(3)13-23/h5-11,14-15H,4,12-13H2,1-3H3,(H,21,22)/t14-,15+. The van der Waals surface area contributed by atoms with Crippen molar-refractivity contribution in [1.82, 2.24) is 9.88 Å². The number of morpholine rings is 1. The van der Waals surface area contributed by atoms with Gasteiger partial charge in [-0.15, -0.1) is 0 Å². The summed E-state index contributed by atoms with van der Waals surface area (Å²) in [5.74, 6) is 1.33. The number of hydrogen-bond donors (Lipinski definition) is 1. The first kappa shape index (κ1) is 18.2. The van der Waals surface area contributed by atoms with E-state index in [4.69, 9.17) is 9.47 Å². The average Bonchev–Trinajstić information content (AvgIpc) is 2.63. The molecule has 2 heterocycles. The fourth-order valence-corrected chi connectivity index (χ4v) is 3.13. The fourth-order valence-electron chi connectivity index (χ4n) is 3.13. The van der Waals surface area contributed by atoms with Crippen LogP contribution in [-0.2, 0) is 4.74 Å². The summed E-state index contributed by atoms with van der Waals surface area (Å²) in [5.41, 5.74) is 1.41. The molecule has 6 heteroatoms. The second-order valence-corrected chi connectivity index (χ2v) is 6.45. The first-order valence-corrected chi connectivity index (χ1v) is 8.96. The minimum absolute atomic E-state index is 0.0295. The van der Waals surface area contributed by atoms with Crippen LogP contribution in [0.2, 0.25) is 0 Å². The van der Waals surface area contributed by atoms with E-state index in [0.717, 1.165) is 11.4 Å². The van der Waals surface area contributed by atoms with Crippen molar-refractivity contribution in [2.24, 2.45) is 0 Å². The molecule has 0 bridgehead atoms. The number of carbonyl (C=O) groups excluding carboxylic acids is 1. The van der Waals surface area contributed by atoms with Crippen molar-refractivity contribution in [3.05, 3.63) is 48.2 Å². The van der Waals surface area contributed by atoms with E-state index in [9.17, 15) is 4.79 Å². The molecule has 1 aromatic heterocycles. The summed E-state index contributed by atoms with van der Waals surface area (Å²) in [6.45, 7) is 7.71. The van der Waals surface area contributed by atoms with Crippen LogP contribution < -0.4 is 10.1 Å². The fraction of sp³-hybridized carbons (Fsp3) is 0.400. The van der Waals surface area contributed by atoms with Crippen LogP contribution in [0.4, 0.5) is 11.5 Å². The van der Waals surface area contributed by atoms with Gasteiger partial charge in [-0.05, 0) is 57.2 Å². The number of nitrogens with one attached hydrogen (secondary N) is 1. The molecule has 2 aromatic rings. The maximum absolute atomic E-state index is 13.0. The Hall–Kier alpha value is -2.60. The molecule has 1 aromatic carbocycles. The van der Waals surface area contributed by atoms with Crippen molar-refractivity contribution in [3.63, 3.8) is 0 Å². The van der Waals surface area contributed by atoms with Gasteiger partial charge in [0.05, 0.1) is 24.4 Å². The third-order valence-electron chi connectivity index (χ3n) is 4.17. The van der Waals surface area contributed by atoms with Crippen LogP contribution in [0.1, 0.15) is 31.1 Å². The smallest absolute Gasteiger partial charge is 0.257 e. The molecule has 26 heavy (non-hydrogen) atoms. The van der Waals surface area contributed by atoms with Gasteiger partial charge < -0.3 is 19.7 Å². The highest BCUT2D eigenvalue weighted by Gasteiger charge is 2.28. The van der Waals surface area contributed by atoms with Gasteiger partial charge in [0.15, 0.2) is 0 Å². The molecule has 0 spiro atoms. The summed E-state index contributed by atoms with van der Waals surface area (Å²) in [5, 5.41) is 3.24. The molecular formula is C20H25N3O3. The molecule has 0 unspecified atom stereocenters. The van der Waals surface area contributed by atoms with Crippen molar-refractivity contribution in [1.29, 1.82) is 0 Å². The number of hydrogen-bond acceptors (Lipinski definition) is 5. The Labute approximate surface area is 154 Å². The van der Waals surface area contributed by atoms with E-state index in [1.54, 1.807) is 18.3 Å². The first-order valence-electron chi connectivity index (χ1n) is 8.96. The van der Waals surface area contributed by atoms with Gasteiger partial charge in [-0.3, -0.25) is 4.79 Å². The van der Waals surface area contributed by atoms with Crippen LogP contribution in [0.5, 0.6) is 5.75 Å². The van der Waals surface area contributed by atoms with E-state index in [2.05, 4.69) is 10.3 Å². The highest BCUT2D eigenvalue weighted by atomic mass is 16.5. The van der Waals surface area contributed by atoms with Crippen LogP contribution in [0.15, 0.2) is 42.6 Å². The zero-order valence-electron chi connectivity index (χ0n) is 15.4. The molecule has 2 atom stereocenters. The van der Waals surface area contributed by atoms with Gasteiger partial charge >= 0.3 is 0 Å². The molecule has 3 rings (SSSR count). The lowest BCUT2D eigenvalue weighted by Crippen LogP contribution is -2.48. The highest BCUT2D eigenvalue weighted by Crippen LogP contribution is 2.23. The molecule has 1 fully saturated rings. The number of carbonyl (C=O) groups is 1. The summed E-state index contributed by atoms with van der Waals surface area (Å²) in [7, 11) is 0. The number of aromatic nitrogens is 1. The van der Waals surface area contributed by atoms with Gasteiger partial charge in [-0.25, -0.2) is 4.98 Å². The van der Waals surface area contributed by atoms with Gasteiger partial charge in [0.2, 0.25) is 0 Å². The van der Waals surface area contributed by atoms with Crippen LogP contribution in [0, 0.1) is 0 Å². The first-order chi connectivity index (χ1) is 12.6. The molecule has 0 saturated carbocycles. The normalized spacial score (nSPS) is 19.9. The van der Waals surface area contributed by atoms with Gasteiger partial charge in [0, 0.05) is 25.0 Å². The zero-order chi connectivity index (χ0) is 18.5. The lowest BCUT2D eigenvalue weighted by Gasteiger charge is -2.35. The van der Waals surface area contributed by atoms with Crippen molar-refractivity contribution < 1.29 is 14.3 Å². The number of benzene rings is 1. The monoisotopic (exact) mass is 355 g/mol. The lowest BCUT2D eigenvalue weighted by molar-refractivity contribution is -0.0586. The third kappa shape index (κ3) is 4.32. The highest BCUT2D eigenvalue weighted by molar-refractivity contribution is 5.99. The second-order valence-electron chi connectivity index (χ2n) is 6.45. The molecule has 6 nitrogen and oxygen atoms in total. The Morgan fingerprint density at radius 3 is 2.58 bits per heavy atom. The summed E-state index contributed by atoms with van der Waals surface area (Å²) >= 11 is 0. The molecule has 0 radical (unpaired) electrons. The summed E-state index contributed by atoms with van der Waals surface area (Å²) in [6.07, 6.45) is 1.74. The molecule has 0 aliphatic carbocycles. The number of pyridine rings is 1. The average molecular weight is 355 g/mol. The van der Waals surface area contributed by atoms with Crippen LogP contribution >= 0.6 is 0 Å². The van der Waals surface area contributed by atoms with Crippen molar-refractivity contribution >= 4 is 17.4 Å². The minimum Gasteiger partial charge on any atom is -0.494 e. The van der Waals surface area contributed by atoms with Crippen LogP contribution in [0.3, 0.4) is 0 Å². The Morgan fingerprint density at radius 1 is 1.23 bits per heavy atom. The number of amides is 1. The molecule has 1 N–H and O–H groups in total. The van der Waals surface area contributed by atoms with Gasteiger partial charge in [-0.1, -0.05) is 0 Å². The van der Waals surface area contributed by atoms with E-state index >= 15 is 0 Å². The number of nitrogens with zero attached hydrogens (tertiary/aromatic N) is 2. The Morgan fingerprint density at radius 2 is 1.92 bits per heavy atom. The molecular weight excluding hydrogens is 330 g/mol. The van der Waals surface area contributed by atoms with Crippen molar-refractivity contribution in [3.8, 4) is 5.75 Å². The zero-order valence-corrected chi connectivity index (χ0v) is 15.4. The number of rotatable bonds is 5. The maximum Gasteiger partial charge on any atom is 0.257 e. The summed E-state index contributed by atoms with van der Waals surface area (Å²) in [6, 6.07) is 11.2. The van der Waals surface area contributed by atoms with Crippen LogP contribution in [0.25, 0.3) is 0 Å². The molecule has 138 valence electrons.